The van der Waals surface area contributed by atoms with Crippen molar-refractivity contribution in [3.63, 3.8) is 0 Å². The highest BCUT2D eigenvalue weighted by atomic mass is 16.5. The Hall–Kier alpha value is -2.89. The molecule has 0 atom stereocenters. The first kappa shape index (κ1) is 14.1. The Morgan fingerprint density at radius 1 is 1.18 bits per heavy atom. The largest absolute Gasteiger partial charge is 0.492 e. The average Bonchev–Trinajstić information content (AvgIpc) is 2.97. The van der Waals surface area contributed by atoms with Crippen molar-refractivity contribution >= 4 is 0 Å². The second-order valence-electron chi connectivity index (χ2n) is 4.76. The standard InChI is InChI=1S/C16H15N3O3/c1-12-17-16(22-18-12)13-7-8-15(20)19(11-13)9-10-21-14-5-3-2-4-6-14/h2-8,11H,9-10H2,1H3. The summed E-state index contributed by atoms with van der Waals surface area (Å²) < 4.78 is 12.3. The molecule has 112 valence electrons. The van der Waals surface area contributed by atoms with Crippen molar-refractivity contribution in [2.24, 2.45) is 0 Å². The molecule has 0 saturated carbocycles. The molecule has 0 fully saturated rings. The predicted molar refractivity (Wildman–Crippen MR) is 80.7 cm³/mol. The van der Waals surface area contributed by atoms with E-state index in [-0.39, 0.29) is 5.56 Å². The monoisotopic (exact) mass is 297 g/mol. The molecule has 1 aromatic carbocycles. The third-order valence-corrected chi connectivity index (χ3v) is 3.10. The second kappa shape index (κ2) is 6.26. The van der Waals surface area contributed by atoms with Crippen molar-refractivity contribution < 1.29 is 9.26 Å². The van der Waals surface area contributed by atoms with E-state index in [2.05, 4.69) is 10.1 Å². The zero-order valence-corrected chi connectivity index (χ0v) is 12.1. The van der Waals surface area contributed by atoms with Gasteiger partial charge in [-0.25, -0.2) is 0 Å². The molecule has 2 heterocycles. The SMILES string of the molecule is Cc1noc(-c2ccc(=O)n(CCOc3ccccc3)c2)n1. The zero-order chi connectivity index (χ0) is 15.4. The number of hydrogen-bond donors (Lipinski definition) is 0. The molecule has 0 aliphatic heterocycles. The minimum absolute atomic E-state index is 0.100. The lowest BCUT2D eigenvalue weighted by atomic mass is 10.3. The quantitative estimate of drug-likeness (QED) is 0.722. The van der Waals surface area contributed by atoms with E-state index in [0.29, 0.717) is 30.4 Å². The van der Waals surface area contributed by atoms with Gasteiger partial charge in [0.2, 0.25) is 0 Å². The Balaban J connectivity index is 1.72. The molecule has 0 radical (unpaired) electrons. The Kier molecular flexibility index (Phi) is 4.00. The average molecular weight is 297 g/mol. The van der Waals surface area contributed by atoms with Crippen LogP contribution in [0.2, 0.25) is 0 Å². The number of benzene rings is 1. The highest BCUT2D eigenvalue weighted by Crippen LogP contribution is 2.15. The van der Waals surface area contributed by atoms with Gasteiger partial charge >= 0.3 is 0 Å². The van der Waals surface area contributed by atoms with Crippen LogP contribution in [0.25, 0.3) is 11.5 Å². The number of aryl methyl sites for hydroxylation is 1. The molecule has 3 rings (SSSR count). The maximum absolute atomic E-state index is 11.9. The summed E-state index contributed by atoms with van der Waals surface area (Å²) in [6.45, 7) is 2.58. The van der Waals surface area contributed by atoms with Gasteiger partial charge in [0.15, 0.2) is 5.82 Å². The van der Waals surface area contributed by atoms with E-state index in [1.54, 1.807) is 23.8 Å². The number of aromatic nitrogens is 3. The fraction of sp³-hybridized carbons (Fsp3) is 0.188. The minimum Gasteiger partial charge on any atom is -0.492 e. The summed E-state index contributed by atoms with van der Waals surface area (Å²) in [4.78, 5) is 16.0. The van der Waals surface area contributed by atoms with Crippen molar-refractivity contribution in [1.29, 1.82) is 0 Å². The fourth-order valence-electron chi connectivity index (χ4n) is 2.03. The Morgan fingerprint density at radius 3 is 2.73 bits per heavy atom. The molecule has 0 aliphatic carbocycles. The van der Waals surface area contributed by atoms with Crippen LogP contribution in [0.3, 0.4) is 0 Å². The first-order chi connectivity index (χ1) is 10.7. The Bertz CT molecular complexity index is 809. The normalized spacial score (nSPS) is 10.6. The van der Waals surface area contributed by atoms with E-state index in [0.717, 1.165) is 5.75 Å². The van der Waals surface area contributed by atoms with Gasteiger partial charge in [0.1, 0.15) is 12.4 Å². The summed E-state index contributed by atoms with van der Waals surface area (Å²) in [6.07, 6.45) is 1.70. The third kappa shape index (κ3) is 3.22. The summed E-state index contributed by atoms with van der Waals surface area (Å²) in [5.74, 6) is 1.73. The van der Waals surface area contributed by atoms with Gasteiger partial charge in [-0.15, -0.1) is 0 Å². The van der Waals surface area contributed by atoms with Gasteiger partial charge in [0, 0.05) is 12.3 Å². The van der Waals surface area contributed by atoms with Crippen molar-refractivity contribution in [3.05, 3.63) is 64.8 Å². The molecule has 0 unspecified atom stereocenters. The molecule has 3 aromatic rings. The number of hydrogen-bond acceptors (Lipinski definition) is 5. The highest BCUT2D eigenvalue weighted by Gasteiger charge is 2.08. The van der Waals surface area contributed by atoms with Crippen LogP contribution in [0, 0.1) is 6.92 Å². The number of pyridine rings is 1. The molecule has 0 spiro atoms. The highest BCUT2D eigenvalue weighted by molar-refractivity contribution is 5.50. The van der Waals surface area contributed by atoms with Gasteiger partial charge in [-0.05, 0) is 25.1 Å². The van der Waals surface area contributed by atoms with Crippen LogP contribution in [0.5, 0.6) is 5.75 Å². The first-order valence-electron chi connectivity index (χ1n) is 6.91. The molecule has 0 amide bonds. The molecule has 0 aliphatic rings. The van der Waals surface area contributed by atoms with Crippen LogP contribution in [-0.4, -0.2) is 21.3 Å². The van der Waals surface area contributed by atoms with Crippen molar-refractivity contribution in [2.45, 2.75) is 13.5 Å². The van der Waals surface area contributed by atoms with E-state index in [9.17, 15) is 4.79 Å². The van der Waals surface area contributed by atoms with E-state index >= 15 is 0 Å². The predicted octanol–water partition coefficient (Wildman–Crippen LogP) is 2.29. The lowest BCUT2D eigenvalue weighted by molar-refractivity contribution is 0.296. The van der Waals surface area contributed by atoms with E-state index in [1.165, 1.54) is 6.07 Å². The van der Waals surface area contributed by atoms with Crippen LogP contribution in [0.1, 0.15) is 5.82 Å². The molecular formula is C16H15N3O3. The maximum Gasteiger partial charge on any atom is 0.259 e. The molecule has 0 saturated heterocycles. The Labute approximate surface area is 127 Å². The Morgan fingerprint density at radius 2 is 2.00 bits per heavy atom. The molecule has 6 heteroatoms. The number of para-hydroxylation sites is 1. The number of rotatable bonds is 5. The molecule has 6 nitrogen and oxygen atoms in total. The summed E-state index contributed by atoms with van der Waals surface area (Å²) in [6, 6.07) is 12.6. The van der Waals surface area contributed by atoms with E-state index in [1.807, 2.05) is 30.3 Å². The summed E-state index contributed by atoms with van der Waals surface area (Å²) in [7, 11) is 0. The van der Waals surface area contributed by atoms with Crippen LogP contribution in [0.4, 0.5) is 0 Å². The van der Waals surface area contributed by atoms with E-state index in [4.69, 9.17) is 9.26 Å². The number of ether oxygens (including phenoxy) is 1. The topological polar surface area (TPSA) is 70.2 Å². The smallest absolute Gasteiger partial charge is 0.259 e. The lowest BCUT2D eigenvalue weighted by Gasteiger charge is -2.08. The maximum atomic E-state index is 11.9. The first-order valence-corrected chi connectivity index (χ1v) is 6.91. The van der Waals surface area contributed by atoms with Gasteiger partial charge in [-0.1, -0.05) is 23.4 Å². The van der Waals surface area contributed by atoms with Gasteiger partial charge in [-0.3, -0.25) is 4.79 Å². The molecule has 0 bridgehead atoms. The summed E-state index contributed by atoms with van der Waals surface area (Å²) in [5, 5.41) is 3.75. The van der Waals surface area contributed by atoms with E-state index < -0.39 is 0 Å². The van der Waals surface area contributed by atoms with Crippen molar-refractivity contribution in [2.75, 3.05) is 6.61 Å². The van der Waals surface area contributed by atoms with Crippen LogP contribution >= 0.6 is 0 Å². The van der Waals surface area contributed by atoms with Gasteiger partial charge in [-0.2, -0.15) is 4.98 Å². The van der Waals surface area contributed by atoms with Gasteiger partial charge in [0.25, 0.3) is 11.4 Å². The fourth-order valence-corrected chi connectivity index (χ4v) is 2.03. The number of nitrogens with zero attached hydrogens (tertiary/aromatic N) is 3. The molecule has 2 aromatic heterocycles. The van der Waals surface area contributed by atoms with Crippen molar-refractivity contribution in [3.8, 4) is 17.2 Å². The van der Waals surface area contributed by atoms with Gasteiger partial charge in [0.05, 0.1) is 12.1 Å². The molecular weight excluding hydrogens is 282 g/mol. The van der Waals surface area contributed by atoms with Crippen LogP contribution < -0.4 is 10.3 Å². The summed E-state index contributed by atoms with van der Waals surface area (Å²) in [5.41, 5.74) is 0.608. The minimum atomic E-state index is -0.100. The molecule has 22 heavy (non-hydrogen) atoms. The second-order valence-corrected chi connectivity index (χ2v) is 4.76. The molecule has 0 N–H and O–H groups in total. The zero-order valence-electron chi connectivity index (χ0n) is 12.1. The summed E-state index contributed by atoms with van der Waals surface area (Å²) >= 11 is 0. The van der Waals surface area contributed by atoms with Crippen LogP contribution in [-0.2, 0) is 6.54 Å². The van der Waals surface area contributed by atoms with Gasteiger partial charge < -0.3 is 13.8 Å². The van der Waals surface area contributed by atoms with Crippen molar-refractivity contribution in [1.82, 2.24) is 14.7 Å². The van der Waals surface area contributed by atoms with Crippen LogP contribution in [0.15, 0.2) is 58.0 Å². The lowest BCUT2D eigenvalue weighted by Crippen LogP contribution is -2.21. The third-order valence-electron chi connectivity index (χ3n) is 3.10.